The van der Waals surface area contributed by atoms with E-state index < -0.39 is 17.8 Å². The van der Waals surface area contributed by atoms with E-state index in [4.69, 9.17) is 9.57 Å². The van der Waals surface area contributed by atoms with E-state index in [1.54, 1.807) is 25.3 Å². The number of halogens is 3. The summed E-state index contributed by atoms with van der Waals surface area (Å²) < 4.78 is 42.9. The van der Waals surface area contributed by atoms with Crippen LogP contribution in [-0.4, -0.2) is 18.1 Å². The molecule has 1 unspecified atom stereocenters. The van der Waals surface area contributed by atoms with Crippen LogP contribution < -0.4 is 4.74 Å². The average molecular weight is 379 g/mol. The van der Waals surface area contributed by atoms with Crippen molar-refractivity contribution in [3.05, 3.63) is 65.2 Å². The van der Waals surface area contributed by atoms with Gasteiger partial charge in [-0.25, -0.2) is 0 Å². The Bertz CT molecular complexity index is 769. The molecule has 0 heterocycles. The van der Waals surface area contributed by atoms with Crippen LogP contribution in [0, 0.1) is 0 Å². The van der Waals surface area contributed by atoms with Gasteiger partial charge in [0.1, 0.15) is 12.4 Å². The minimum atomic E-state index is -4.35. The molecular weight excluding hydrogens is 359 g/mol. The second kappa shape index (κ2) is 9.21. The van der Waals surface area contributed by atoms with Crippen molar-refractivity contribution in [1.82, 2.24) is 0 Å². The second-order valence-electron chi connectivity index (χ2n) is 5.97. The van der Waals surface area contributed by atoms with Gasteiger partial charge in [0.05, 0.1) is 5.56 Å². The van der Waals surface area contributed by atoms with E-state index in [9.17, 15) is 18.0 Å². The van der Waals surface area contributed by atoms with Crippen LogP contribution in [0.15, 0.2) is 53.7 Å². The Morgan fingerprint density at radius 2 is 1.67 bits per heavy atom. The van der Waals surface area contributed by atoms with Crippen LogP contribution in [0.4, 0.5) is 13.2 Å². The van der Waals surface area contributed by atoms with E-state index in [-0.39, 0.29) is 12.4 Å². The monoisotopic (exact) mass is 379 g/mol. The van der Waals surface area contributed by atoms with Crippen LogP contribution in [0.1, 0.15) is 30.5 Å². The van der Waals surface area contributed by atoms with Gasteiger partial charge in [-0.15, -0.1) is 0 Å². The van der Waals surface area contributed by atoms with E-state index >= 15 is 0 Å². The number of benzene rings is 2. The fraction of sp³-hybridized carbons (Fsp3) is 0.300. The number of oxime groups is 1. The molecule has 0 aliphatic carbocycles. The van der Waals surface area contributed by atoms with Crippen LogP contribution in [0.25, 0.3) is 0 Å². The zero-order valence-electron chi connectivity index (χ0n) is 15.0. The molecule has 2 aromatic rings. The summed E-state index contributed by atoms with van der Waals surface area (Å²) in [7, 11) is 0. The molecule has 0 bridgehead atoms. The third kappa shape index (κ3) is 6.77. The van der Waals surface area contributed by atoms with Gasteiger partial charge in [0.25, 0.3) is 0 Å². The van der Waals surface area contributed by atoms with Gasteiger partial charge in [0.2, 0.25) is 0 Å². The fourth-order valence-electron chi connectivity index (χ4n) is 2.09. The maximum absolute atomic E-state index is 12.5. The highest BCUT2D eigenvalue weighted by Gasteiger charge is 2.29. The van der Waals surface area contributed by atoms with Crippen LogP contribution >= 0.6 is 0 Å². The predicted molar refractivity (Wildman–Crippen MR) is 95.6 cm³/mol. The summed E-state index contributed by atoms with van der Waals surface area (Å²) in [5, 5.41) is 3.80. The third-order valence-electron chi connectivity index (χ3n) is 3.80. The Morgan fingerprint density at radius 1 is 1.07 bits per heavy atom. The standard InChI is InChI=1S/C20H20F3NO3/c1-14(25)15(2)27-19-9-5-16(6-10-19)11-12-24-26-13-17-3-7-18(8-4-17)20(21,22)23/h3-10,12,15H,11,13H2,1-2H3. The van der Waals surface area contributed by atoms with Crippen LogP contribution in [-0.2, 0) is 28.8 Å². The summed E-state index contributed by atoms with van der Waals surface area (Å²) >= 11 is 0. The van der Waals surface area contributed by atoms with Gasteiger partial charge in [0, 0.05) is 12.6 Å². The first-order chi connectivity index (χ1) is 12.8. The van der Waals surface area contributed by atoms with E-state index in [1.165, 1.54) is 19.1 Å². The molecule has 0 N–H and O–H groups in total. The maximum Gasteiger partial charge on any atom is 0.416 e. The van der Waals surface area contributed by atoms with E-state index in [0.717, 1.165) is 17.7 Å². The smallest absolute Gasteiger partial charge is 0.416 e. The number of carbonyl (C=O) groups is 1. The number of nitrogens with zero attached hydrogens (tertiary/aromatic N) is 1. The number of carbonyl (C=O) groups excluding carboxylic acids is 1. The highest BCUT2D eigenvalue weighted by atomic mass is 19.4. The Morgan fingerprint density at radius 3 is 2.22 bits per heavy atom. The molecular formula is C20H20F3NO3. The molecule has 0 saturated carbocycles. The summed E-state index contributed by atoms with van der Waals surface area (Å²) in [5.74, 6) is 0.563. The van der Waals surface area contributed by atoms with E-state index in [1.807, 2.05) is 12.1 Å². The minimum absolute atomic E-state index is 0.0450. The summed E-state index contributed by atoms with van der Waals surface area (Å²) in [6.07, 6.45) is -2.74. The quantitative estimate of drug-likeness (QED) is 0.489. The fourth-order valence-corrected chi connectivity index (χ4v) is 2.09. The number of hydrogen-bond donors (Lipinski definition) is 0. The lowest BCUT2D eigenvalue weighted by atomic mass is 10.1. The normalized spacial score (nSPS) is 12.8. The number of ketones is 1. The Hall–Kier alpha value is -2.83. The van der Waals surface area contributed by atoms with Gasteiger partial charge >= 0.3 is 6.18 Å². The third-order valence-corrected chi connectivity index (χ3v) is 3.80. The van der Waals surface area contributed by atoms with Crippen molar-refractivity contribution in [3.63, 3.8) is 0 Å². The number of rotatable bonds is 8. The van der Waals surface area contributed by atoms with Crippen LogP contribution in [0.2, 0.25) is 0 Å². The zero-order valence-corrected chi connectivity index (χ0v) is 15.0. The molecule has 0 amide bonds. The lowest BCUT2D eigenvalue weighted by Crippen LogP contribution is -2.20. The first-order valence-electron chi connectivity index (χ1n) is 8.31. The molecule has 2 rings (SSSR count). The van der Waals surface area contributed by atoms with Crippen LogP contribution in [0.3, 0.4) is 0 Å². The average Bonchev–Trinajstić information content (AvgIpc) is 2.62. The molecule has 0 radical (unpaired) electrons. The Kier molecular flexibility index (Phi) is 6.98. The summed E-state index contributed by atoms with van der Waals surface area (Å²) in [4.78, 5) is 16.3. The lowest BCUT2D eigenvalue weighted by molar-refractivity contribution is -0.137. The lowest BCUT2D eigenvalue weighted by Gasteiger charge is -2.11. The molecule has 2 aromatic carbocycles. The van der Waals surface area contributed by atoms with Crippen molar-refractivity contribution in [2.45, 2.75) is 39.2 Å². The predicted octanol–water partition coefficient (Wildman–Crippen LogP) is 4.81. The molecule has 0 aliphatic rings. The number of Topliss-reactive ketones (excluding diaryl/α,β-unsaturated/α-hetero) is 1. The molecule has 144 valence electrons. The number of ether oxygens (including phenoxy) is 1. The summed E-state index contributed by atoms with van der Waals surface area (Å²) in [6.45, 7) is 3.25. The van der Waals surface area contributed by atoms with Crippen molar-refractivity contribution in [2.24, 2.45) is 5.16 Å². The van der Waals surface area contributed by atoms with Gasteiger partial charge in [-0.3, -0.25) is 4.79 Å². The van der Waals surface area contributed by atoms with Gasteiger partial charge in [-0.2, -0.15) is 13.2 Å². The van der Waals surface area contributed by atoms with Gasteiger partial charge in [-0.1, -0.05) is 29.4 Å². The van der Waals surface area contributed by atoms with Crippen molar-refractivity contribution in [1.29, 1.82) is 0 Å². The highest BCUT2D eigenvalue weighted by molar-refractivity contribution is 5.80. The summed E-state index contributed by atoms with van der Waals surface area (Å²) in [6, 6.07) is 12.0. The van der Waals surface area contributed by atoms with Gasteiger partial charge in [-0.05, 0) is 49.2 Å². The Balaban J connectivity index is 1.76. The SMILES string of the molecule is CC(=O)C(C)Oc1ccc(CC=NOCc2ccc(C(F)(F)F)cc2)cc1. The zero-order chi connectivity index (χ0) is 19.9. The molecule has 0 aromatic heterocycles. The topological polar surface area (TPSA) is 47.9 Å². The molecule has 0 fully saturated rings. The minimum Gasteiger partial charge on any atom is -0.483 e. The summed E-state index contributed by atoms with van der Waals surface area (Å²) in [5.41, 5.74) is 0.876. The largest absolute Gasteiger partial charge is 0.483 e. The molecule has 0 spiro atoms. The molecule has 27 heavy (non-hydrogen) atoms. The molecule has 7 heteroatoms. The van der Waals surface area contributed by atoms with Crippen molar-refractivity contribution >= 4 is 12.0 Å². The Labute approximate surface area is 155 Å². The second-order valence-corrected chi connectivity index (χ2v) is 5.97. The molecule has 1 atom stereocenters. The first kappa shape index (κ1) is 20.5. The van der Waals surface area contributed by atoms with Crippen molar-refractivity contribution in [2.75, 3.05) is 0 Å². The number of hydrogen-bond acceptors (Lipinski definition) is 4. The van der Waals surface area contributed by atoms with Crippen molar-refractivity contribution in [3.8, 4) is 5.75 Å². The van der Waals surface area contributed by atoms with Crippen LogP contribution in [0.5, 0.6) is 5.75 Å². The van der Waals surface area contributed by atoms with Crippen molar-refractivity contribution < 1.29 is 27.5 Å². The molecule has 0 saturated heterocycles. The van der Waals surface area contributed by atoms with Gasteiger partial charge < -0.3 is 9.57 Å². The number of alkyl halides is 3. The molecule has 4 nitrogen and oxygen atoms in total. The molecule has 0 aliphatic heterocycles. The first-order valence-corrected chi connectivity index (χ1v) is 8.31. The maximum atomic E-state index is 12.5. The highest BCUT2D eigenvalue weighted by Crippen LogP contribution is 2.29. The van der Waals surface area contributed by atoms with E-state index in [2.05, 4.69) is 5.16 Å². The van der Waals surface area contributed by atoms with Gasteiger partial charge in [0.15, 0.2) is 11.9 Å². The van der Waals surface area contributed by atoms with E-state index in [0.29, 0.717) is 17.7 Å².